The predicted molar refractivity (Wildman–Crippen MR) is 63.5 cm³/mol. The van der Waals surface area contributed by atoms with Crippen LogP contribution in [0.3, 0.4) is 0 Å². The molecule has 3 N–H and O–H groups in total. The minimum Gasteiger partial charge on any atom is -0.439 e. The van der Waals surface area contributed by atoms with E-state index in [4.69, 9.17) is 10.6 Å². The molecule has 0 aliphatic rings. The molecule has 0 aliphatic heterocycles. The zero-order valence-corrected chi connectivity index (χ0v) is 9.91. The van der Waals surface area contributed by atoms with Crippen molar-refractivity contribution in [3.05, 3.63) is 47.8 Å². The fourth-order valence-electron chi connectivity index (χ4n) is 1.46. The molecule has 0 fully saturated rings. The standard InChI is InChI=1S/C12H9F4N3O/c13-9-5-4-7(6-8(9)12(14,15)16)20-11-3-1-2-10(18-11)19-17/h1-6H,17H2,(H,18,19). The van der Waals surface area contributed by atoms with Crippen LogP contribution in [0.2, 0.25) is 0 Å². The first-order valence-electron chi connectivity index (χ1n) is 5.38. The number of rotatable bonds is 3. The fourth-order valence-corrected chi connectivity index (χ4v) is 1.46. The fraction of sp³-hybridized carbons (Fsp3) is 0.0833. The maximum Gasteiger partial charge on any atom is 0.419 e. The van der Waals surface area contributed by atoms with E-state index in [0.717, 1.165) is 6.07 Å². The van der Waals surface area contributed by atoms with Crippen LogP contribution in [-0.2, 0) is 6.18 Å². The van der Waals surface area contributed by atoms with Crippen molar-refractivity contribution in [2.24, 2.45) is 5.84 Å². The number of nitrogen functional groups attached to an aromatic ring is 1. The van der Waals surface area contributed by atoms with Gasteiger partial charge in [-0.25, -0.2) is 10.2 Å². The van der Waals surface area contributed by atoms with E-state index in [1.807, 2.05) is 0 Å². The van der Waals surface area contributed by atoms with E-state index in [0.29, 0.717) is 12.1 Å². The van der Waals surface area contributed by atoms with Crippen LogP contribution in [0, 0.1) is 5.82 Å². The normalized spacial score (nSPS) is 11.2. The van der Waals surface area contributed by atoms with Crippen LogP contribution in [0.4, 0.5) is 23.4 Å². The smallest absolute Gasteiger partial charge is 0.419 e. The summed E-state index contributed by atoms with van der Waals surface area (Å²) in [5.74, 6) is 3.91. The van der Waals surface area contributed by atoms with E-state index in [2.05, 4.69) is 10.4 Å². The molecule has 0 saturated heterocycles. The number of hydrazine groups is 1. The van der Waals surface area contributed by atoms with Crippen molar-refractivity contribution in [2.75, 3.05) is 5.43 Å². The van der Waals surface area contributed by atoms with Crippen molar-refractivity contribution >= 4 is 5.82 Å². The van der Waals surface area contributed by atoms with Gasteiger partial charge in [-0.2, -0.15) is 18.2 Å². The van der Waals surface area contributed by atoms with Gasteiger partial charge in [-0.15, -0.1) is 0 Å². The largest absolute Gasteiger partial charge is 0.439 e. The van der Waals surface area contributed by atoms with E-state index in [1.165, 1.54) is 6.07 Å². The number of aromatic nitrogens is 1. The van der Waals surface area contributed by atoms with Crippen LogP contribution >= 0.6 is 0 Å². The third-order valence-electron chi connectivity index (χ3n) is 2.34. The second kappa shape index (κ2) is 5.33. The Morgan fingerprint density at radius 1 is 1.15 bits per heavy atom. The maximum absolute atomic E-state index is 13.1. The molecule has 1 aromatic carbocycles. The summed E-state index contributed by atoms with van der Waals surface area (Å²) in [5, 5.41) is 0. The van der Waals surface area contributed by atoms with Crippen LogP contribution in [0.1, 0.15) is 5.56 Å². The van der Waals surface area contributed by atoms with E-state index < -0.39 is 17.6 Å². The molecule has 0 aliphatic carbocycles. The van der Waals surface area contributed by atoms with Gasteiger partial charge in [0.1, 0.15) is 17.4 Å². The third-order valence-corrected chi connectivity index (χ3v) is 2.34. The lowest BCUT2D eigenvalue weighted by Crippen LogP contribution is -2.09. The van der Waals surface area contributed by atoms with Crippen LogP contribution in [0.25, 0.3) is 0 Å². The van der Waals surface area contributed by atoms with E-state index in [1.54, 1.807) is 12.1 Å². The first kappa shape index (κ1) is 14.1. The van der Waals surface area contributed by atoms with Gasteiger partial charge in [-0.3, -0.25) is 0 Å². The molecule has 0 saturated carbocycles. The Hall–Kier alpha value is -2.35. The first-order chi connectivity index (χ1) is 9.40. The Bertz CT molecular complexity index is 616. The number of alkyl halides is 3. The van der Waals surface area contributed by atoms with Crippen molar-refractivity contribution in [1.82, 2.24) is 4.98 Å². The number of anilines is 1. The molecular formula is C12H9F4N3O. The zero-order valence-electron chi connectivity index (χ0n) is 9.91. The molecule has 2 aromatic rings. The summed E-state index contributed by atoms with van der Waals surface area (Å²) in [6.07, 6.45) is -4.79. The molecule has 4 nitrogen and oxygen atoms in total. The Morgan fingerprint density at radius 3 is 2.55 bits per heavy atom. The summed E-state index contributed by atoms with van der Waals surface area (Å²) in [5.41, 5.74) is 0.867. The van der Waals surface area contributed by atoms with E-state index in [-0.39, 0.29) is 17.4 Å². The van der Waals surface area contributed by atoms with Gasteiger partial charge in [0, 0.05) is 6.07 Å². The van der Waals surface area contributed by atoms with Crippen molar-refractivity contribution in [3.8, 4) is 11.6 Å². The highest BCUT2D eigenvalue weighted by Gasteiger charge is 2.34. The zero-order chi connectivity index (χ0) is 14.8. The third kappa shape index (κ3) is 3.15. The average Bonchev–Trinajstić information content (AvgIpc) is 2.40. The second-order valence-corrected chi connectivity index (χ2v) is 3.75. The van der Waals surface area contributed by atoms with Gasteiger partial charge in [0.05, 0.1) is 5.56 Å². The van der Waals surface area contributed by atoms with Gasteiger partial charge in [-0.1, -0.05) is 6.07 Å². The minimum atomic E-state index is -4.79. The molecular weight excluding hydrogens is 278 g/mol. The highest BCUT2D eigenvalue weighted by atomic mass is 19.4. The first-order valence-corrected chi connectivity index (χ1v) is 5.38. The monoisotopic (exact) mass is 287 g/mol. The molecule has 20 heavy (non-hydrogen) atoms. The SMILES string of the molecule is NNc1cccc(Oc2ccc(F)c(C(F)(F)F)c2)n1. The highest BCUT2D eigenvalue weighted by molar-refractivity contribution is 5.38. The molecule has 0 unspecified atom stereocenters. The quantitative estimate of drug-likeness (QED) is 0.516. The van der Waals surface area contributed by atoms with E-state index >= 15 is 0 Å². The van der Waals surface area contributed by atoms with Crippen molar-refractivity contribution in [3.63, 3.8) is 0 Å². The summed E-state index contributed by atoms with van der Waals surface area (Å²) in [4.78, 5) is 3.87. The lowest BCUT2D eigenvalue weighted by atomic mass is 10.2. The minimum absolute atomic E-state index is 0.0279. The Morgan fingerprint density at radius 2 is 1.90 bits per heavy atom. The number of benzene rings is 1. The van der Waals surface area contributed by atoms with Gasteiger partial charge < -0.3 is 10.2 Å². The highest BCUT2D eigenvalue weighted by Crippen LogP contribution is 2.34. The molecule has 0 atom stereocenters. The summed E-state index contributed by atoms with van der Waals surface area (Å²) in [7, 11) is 0. The van der Waals surface area contributed by atoms with E-state index in [9.17, 15) is 17.6 Å². The molecule has 0 bridgehead atoms. The molecule has 106 valence electrons. The maximum atomic E-state index is 13.1. The second-order valence-electron chi connectivity index (χ2n) is 3.75. The number of nitrogens with zero attached hydrogens (tertiary/aromatic N) is 1. The average molecular weight is 287 g/mol. The molecule has 8 heteroatoms. The number of hydrogen-bond acceptors (Lipinski definition) is 4. The van der Waals surface area contributed by atoms with Crippen molar-refractivity contribution in [1.29, 1.82) is 0 Å². The topological polar surface area (TPSA) is 60.2 Å². The molecule has 0 amide bonds. The van der Waals surface area contributed by atoms with Crippen LogP contribution in [0.15, 0.2) is 36.4 Å². The molecule has 2 rings (SSSR count). The van der Waals surface area contributed by atoms with Crippen molar-refractivity contribution in [2.45, 2.75) is 6.18 Å². The number of hydrogen-bond donors (Lipinski definition) is 2. The van der Waals surface area contributed by atoms with Gasteiger partial charge in [0.15, 0.2) is 0 Å². The molecule has 0 radical (unpaired) electrons. The van der Waals surface area contributed by atoms with Crippen LogP contribution in [-0.4, -0.2) is 4.98 Å². The lowest BCUT2D eigenvalue weighted by molar-refractivity contribution is -0.140. The Balaban J connectivity index is 2.30. The van der Waals surface area contributed by atoms with Crippen LogP contribution < -0.4 is 16.0 Å². The molecule has 1 aromatic heterocycles. The predicted octanol–water partition coefficient (Wildman–Crippen LogP) is 3.32. The Kier molecular flexibility index (Phi) is 3.75. The summed E-state index contributed by atoms with van der Waals surface area (Å²) in [6, 6.07) is 6.85. The van der Waals surface area contributed by atoms with Gasteiger partial charge in [0.25, 0.3) is 0 Å². The van der Waals surface area contributed by atoms with Gasteiger partial charge in [-0.05, 0) is 24.3 Å². The molecule has 1 heterocycles. The number of halogens is 4. The number of pyridine rings is 1. The number of nitrogens with one attached hydrogen (secondary N) is 1. The summed E-state index contributed by atoms with van der Waals surface area (Å²) < 4.78 is 55.9. The van der Waals surface area contributed by atoms with Gasteiger partial charge >= 0.3 is 6.18 Å². The van der Waals surface area contributed by atoms with Crippen molar-refractivity contribution < 1.29 is 22.3 Å². The lowest BCUT2D eigenvalue weighted by Gasteiger charge is -2.11. The van der Waals surface area contributed by atoms with Gasteiger partial charge in [0.2, 0.25) is 5.88 Å². The number of ether oxygens (including phenoxy) is 1. The summed E-state index contributed by atoms with van der Waals surface area (Å²) in [6.45, 7) is 0. The van der Waals surface area contributed by atoms with Crippen LogP contribution in [0.5, 0.6) is 11.6 Å². The summed E-state index contributed by atoms with van der Waals surface area (Å²) >= 11 is 0. The molecule has 0 spiro atoms. The Labute approximate surface area is 111 Å². The number of nitrogens with two attached hydrogens (primary N) is 1.